The Balaban J connectivity index is 1.52. The van der Waals surface area contributed by atoms with Gasteiger partial charge in [-0.25, -0.2) is 14.4 Å². The van der Waals surface area contributed by atoms with Crippen molar-refractivity contribution < 1.29 is 14.2 Å². The van der Waals surface area contributed by atoms with Crippen LogP contribution < -0.4 is 15.4 Å². The number of ether oxygens (including phenoxy) is 1. The number of fused-ring (bicyclic) bond motifs is 1. The molecule has 3 aromatic rings. The van der Waals surface area contributed by atoms with E-state index in [2.05, 4.69) is 26.7 Å². The number of aliphatic hydroxyl groups excluding tert-OH is 1. The van der Waals surface area contributed by atoms with Crippen molar-refractivity contribution >= 4 is 17.3 Å². The number of nitrogens with zero attached hydrogens (tertiary/aromatic N) is 4. The van der Waals surface area contributed by atoms with E-state index in [0.717, 1.165) is 24.1 Å². The van der Waals surface area contributed by atoms with Crippen LogP contribution in [0.4, 0.5) is 21.7 Å². The molecule has 1 aliphatic heterocycles. The molecule has 170 valence electrons. The molecule has 9 heteroatoms. The van der Waals surface area contributed by atoms with Crippen molar-refractivity contribution in [2.45, 2.75) is 31.3 Å². The minimum Gasteiger partial charge on any atom is -0.488 e. The van der Waals surface area contributed by atoms with Crippen LogP contribution in [0.5, 0.6) is 5.75 Å². The Morgan fingerprint density at radius 3 is 2.74 bits per heavy atom. The van der Waals surface area contributed by atoms with Crippen molar-refractivity contribution in [2.75, 3.05) is 23.8 Å². The molecule has 3 N–H and O–H groups in total. The number of benzene rings is 2. The van der Waals surface area contributed by atoms with Crippen LogP contribution in [0.15, 0.2) is 36.5 Å². The predicted molar refractivity (Wildman–Crippen MR) is 123 cm³/mol. The smallest absolute Gasteiger partial charge is 0.227 e. The summed E-state index contributed by atoms with van der Waals surface area (Å²) in [6, 6.07) is 12.0. The van der Waals surface area contributed by atoms with E-state index < -0.39 is 11.2 Å². The van der Waals surface area contributed by atoms with Crippen LogP contribution in [-0.4, -0.2) is 34.3 Å². The Kier molecular flexibility index (Phi) is 5.27. The first kappa shape index (κ1) is 21.6. The lowest BCUT2D eigenvalue weighted by Crippen LogP contribution is -2.28. The van der Waals surface area contributed by atoms with Gasteiger partial charge in [0, 0.05) is 29.8 Å². The van der Waals surface area contributed by atoms with Gasteiger partial charge in [-0.15, -0.1) is 0 Å². The van der Waals surface area contributed by atoms with Gasteiger partial charge in [-0.05, 0) is 42.7 Å². The van der Waals surface area contributed by atoms with E-state index in [1.54, 1.807) is 18.3 Å². The second-order valence-corrected chi connectivity index (χ2v) is 8.78. The van der Waals surface area contributed by atoms with Gasteiger partial charge in [0.15, 0.2) is 0 Å². The van der Waals surface area contributed by atoms with Crippen molar-refractivity contribution in [2.24, 2.45) is 0 Å². The van der Waals surface area contributed by atoms with Crippen LogP contribution in [0, 0.1) is 28.5 Å². The number of aromatic nitrogens is 2. The zero-order valence-corrected chi connectivity index (χ0v) is 18.4. The number of hydrogen-bond donors (Lipinski definition) is 3. The van der Waals surface area contributed by atoms with E-state index in [1.165, 1.54) is 12.1 Å². The number of anilines is 3. The maximum atomic E-state index is 14.2. The molecule has 1 aliphatic carbocycles. The summed E-state index contributed by atoms with van der Waals surface area (Å²) in [6.45, 7) is 2.41. The fourth-order valence-corrected chi connectivity index (χ4v) is 3.97. The zero-order chi connectivity index (χ0) is 23.9. The number of nitriles is 2. The van der Waals surface area contributed by atoms with E-state index >= 15 is 0 Å². The summed E-state index contributed by atoms with van der Waals surface area (Å²) >= 11 is 0. The normalized spacial score (nSPS) is 18.4. The SMILES string of the molecule is C[C@]1(CO)CNc2c(C#N)cc(-c3ccnc(Nc4cc(C#N)c(F)cc4OC4CC4)n3)cc21. The molecule has 1 atom stereocenters. The number of rotatable bonds is 6. The van der Waals surface area contributed by atoms with Crippen molar-refractivity contribution in [3.8, 4) is 29.1 Å². The van der Waals surface area contributed by atoms with Gasteiger partial charge in [0.1, 0.15) is 23.7 Å². The second-order valence-electron chi connectivity index (χ2n) is 8.78. The van der Waals surface area contributed by atoms with Crippen molar-refractivity contribution in [1.82, 2.24) is 9.97 Å². The highest BCUT2D eigenvalue weighted by Crippen LogP contribution is 2.41. The lowest BCUT2D eigenvalue weighted by atomic mass is 9.83. The van der Waals surface area contributed by atoms with Gasteiger partial charge in [0.2, 0.25) is 5.95 Å². The molecule has 2 aromatic carbocycles. The third kappa shape index (κ3) is 3.87. The van der Waals surface area contributed by atoms with Crippen molar-refractivity contribution in [3.63, 3.8) is 0 Å². The molecule has 0 radical (unpaired) electrons. The van der Waals surface area contributed by atoms with E-state index in [-0.39, 0.29) is 24.2 Å². The van der Waals surface area contributed by atoms with Gasteiger partial charge >= 0.3 is 0 Å². The molecular formula is C25H21FN6O2. The highest BCUT2D eigenvalue weighted by molar-refractivity contribution is 5.76. The Morgan fingerprint density at radius 2 is 2.03 bits per heavy atom. The molecule has 2 aliphatic rings. The van der Waals surface area contributed by atoms with E-state index in [1.807, 2.05) is 19.1 Å². The van der Waals surface area contributed by atoms with Gasteiger partial charge in [0.05, 0.1) is 40.9 Å². The van der Waals surface area contributed by atoms with Gasteiger partial charge in [0.25, 0.3) is 0 Å². The summed E-state index contributed by atoms with van der Waals surface area (Å²) in [6.07, 6.45) is 3.40. The van der Waals surface area contributed by atoms with E-state index in [4.69, 9.17) is 4.74 Å². The average molecular weight is 456 g/mol. The number of hydrogen-bond acceptors (Lipinski definition) is 8. The van der Waals surface area contributed by atoms with Gasteiger partial charge < -0.3 is 20.5 Å². The van der Waals surface area contributed by atoms with Crippen LogP contribution >= 0.6 is 0 Å². The summed E-state index contributed by atoms with van der Waals surface area (Å²) in [7, 11) is 0. The monoisotopic (exact) mass is 456 g/mol. The van der Waals surface area contributed by atoms with Crippen LogP contribution in [0.2, 0.25) is 0 Å². The molecule has 1 saturated carbocycles. The largest absolute Gasteiger partial charge is 0.488 e. The molecule has 0 spiro atoms. The fraction of sp³-hybridized carbons (Fsp3) is 0.280. The van der Waals surface area contributed by atoms with Crippen LogP contribution in [-0.2, 0) is 5.41 Å². The topological polar surface area (TPSA) is 127 Å². The number of halogens is 1. The Bertz CT molecular complexity index is 1380. The third-order valence-electron chi connectivity index (χ3n) is 6.12. The number of nitrogens with one attached hydrogen (secondary N) is 2. The summed E-state index contributed by atoms with van der Waals surface area (Å²) in [5.41, 5.74) is 3.09. The standard InChI is InChI=1S/C25H21FN6O2/c1-25(13-33)12-30-23-16(11-28)6-14(7-18(23)25)20-4-5-29-24(31-20)32-21-8-15(10-27)19(26)9-22(21)34-17-2-3-17/h4-9,17,30,33H,2-3,12-13H2,1H3,(H,29,31,32)/t25-/m1/s1. The third-order valence-corrected chi connectivity index (χ3v) is 6.12. The first-order chi connectivity index (χ1) is 16.4. The van der Waals surface area contributed by atoms with Crippen LogP contribution in [0.25, 0.3) is 11.3 Å². The zero-order valence-electron chi connectivity index (χ0n) is 18.4. The van der Waals surface area contributed by atoms with E-state index in [0.29, 0.717) is 34.8 Å². The van der Waals surface area contributed by atoms with Crippen molar-refractivity contribution in [1.29, 1.82) is 10.5 Å². The minimum atomic E-state index is -0.652. The molecule has 1 fully saturated rings. The highest BCUT2D eigenvalue weighted by Gasteiger charge is 2.36. The summed E-state index contributed by atoms with van der Waals surface area (Å²) in [4.78, 5) is 8.84. The molecule has 0 amide bonds. The molecule has 34 heavy (non-hydrogen) atoms. The number of aliphatic hydroxyl groups is 1. The summed E-state index contributed by atoms with van der Waals surface area (Å²) in [5.74, 6) is -0.126. The van der Waals surface area contributed by atoms with Gasteiger partial charge in [-0.1, -0.05) is 6.92 Å². The molecular weight excluding hydrogens is 435 g/mol. The van der Waals surface area contributed by atoms with E-state index in [9.17, 15) is 20.0 Å². The summed E-state index contributed by atoms with van der Waals surface area (Å²) < 4.78 is 20.0. The fourth-order valence-electron chi connectivity index (χ4n) is 3.97. The molecule has 0 unspecified atom stereocenters. The molecule has 2 heterocycles. The molecule has 0 bridgehead atoms. The first-order valence-electron chi connectivity index (χ1n) is 10.9. The average Bonchev–Trinajstić information content (AvgIpc) is 3.61. The highest BCUT2D eigenvalue weighted by atomic mass is 19.1. The molecule has 8 nitrogen and oxygen atoms in total. The Hall–Kier alpha value is -4.21. The molecule has 0 saturated heterocycles. The van der Waals surface area contributed by atoms with Crippen LogP contribution in [0.1, 0.15) is 36.5 Å². The second kappa shape index (κ2) is 8.29. The Labute approximate surface area is 195 Å². The first-order valence-corrected chi connectivity index (χ1v) is 10.9. The molecule has 1 aromatic heterocycles. The summed E-state index contributed by atoms with van der Waals surface area (Å²) in [5, 5.41) is 35.1. The lowest BCUT2D eigenvalue weighted by Gasteiger charge is -2.21. The maximum Gasteiger partial charge on any atom is 0.227 e. The van der Waals surface area contributed by atoms with Crippen LogP contribution in [0.3, 0.4) is 0 Å². The van der Waals surface area contributed by atoms with Gasteiger partial charge in [-0.2, -0.15) is 10.5 Å². The Morgan fingerprint density at radius 1 is 1.24 bits per heavy atom. The minimum absolute atomic E-state index is 0.0328. The van der Waals surface area contributed by atoms with Crippen molar-refractivity contribution in [3.05, 3.63) is 59.0 Å². The molecule has 5 rings (SSSR count). The maximum absolute atomic E-state index is 14.2. The van der Waals surface area contributed by atoms with Gasteiger partial charge in [-0.3, -0.25) is 0 Å². The predicted octanol–water partition coefficient (Wildman–Crippen LogP) is 3.99. The lowest BCUT2D eigenvalue weighted by molar-refractivity contribution is 0.219. The quantitative estimate of drug-likeness (QED) is 0.508.